The van der Waals surface area contributed by atoms with Crippen molar-refractivity contribution in [2.75, 3.05) is 59.1 Å². The molecule has 0 aliphatic rings. The molecule has 0 spiro atoms. The second-order valence-electron chi connectivity index (χ2n) is 6.21. The first-order valence-electron chi connectivity index (χ1n) is 9.77. The van der Waals surface area contributed by atoms with Crippen LogP contribution in [0.3, 0.4) is 0 Å². The van der Waals surface area contributed by atoms with E-state index >= 15 is 0 Å². The van der Waals surface area contributed by atoms with Gasteiger partial charge in [-0.25, -0.2) is 0 Å². The van der Waals surface area contributed by atoms with E-state index in [0.29, 0.717) is 6.54 Å². The van der Waals surface area contributed by atoms with Gasteiger partial charge in [0.1, 0.15) is 0 Å². The Labute approximate surface area is 199 Å². The smallest absolute Gasteiger partial charge is 0.297 e. The van der Waals surface area contributed by atoms with E-state index in [-0.39, 0.29) is 4.47 Å². The van der Waals surface area contributed by atoms with Gasteiger partial charge in [-0.2, -0.15) is 60.2 Å². The highest BCUT2D eigenvalue weighted by Crippen LogP contribution is 2.35. The van der Waals surface area contributed by atoms with Gasteiger partial charge in [0.2, 0.25) is 0 Å². The van der Waals surface area contributed by atoms with Crippen LogP contribution in [0.25, 0.3) is 0 Å². The first-order valence-corrected chi connectivity index (χ1v) is 15.2. The lowest BCUT2D eigenvalue weighted by atomic mass is 10.1. The van der Waals surface area contributed by atoms with Crippen molar-refractivity contribution in [3.8, 4) is 0 Å². The summed E-state index contributed by atoms with van der Waals surface area (Å²) in [6, 6.07) is 4.60. The van der Waals surface area contributed by atoms with Crippen molar-refractivity contribution in [2.45, 2.75) is 26.6 Å². The minimum atomic E-state index is -4.33. The monoisotopic (exact) mass is 549 g/mol. The normalized spacial score (nSPS) is 12.1. The molecule has 1 rings (SSSR count). The standard InChI is InChI=1S/C20H31BrF3NS4/c1-3-26-11-13-28-9-7-25(8-10-29-14-12-27-4-2)16-17-5-6-19(21)18(15-17)20(22,23)24/h5-6,15H,3-4,7-14,16H2,1-2H3. The van der Waals surface area contributed by atoms with E-state index in [4.69, 9.17) is 0 Å². The molecular formula is C20H31BrF3NS4. The van der Waals surface area contributed by atoms with Crippen molar-refractivity contribution in [3.05, 3.63) is 33.8 Å². The molecule has 0 unspecified atom stereocenters. The number of nitrogens with zero attached hydrogens (tertiary/aromatic N) is 1. The number of alkyl halides is 3. The van der Waals surface area contributed by atoms with Gasteiger partial charge in [0, 0.05) is 58.6 Å². The number of thioether (sulfide) groups is 4. The van der Waals surface area contributed by atoms with Crippen LogP contribution in [0.4, 0.5) is 13.2 Å². The van der Waals surface area contributed by atoms with Gasteiger partial charge in [-0.15, -0.1) is 0 Å². The fraction of sp³-hybridized carbons (Fsp3) is 0.700. The number of hydrogen-bond donors (Lipinski definition) is 0. The van der Waals surface area contributed by atoms with E-state index in [2.05, 4.69) is 34.7 Å². The van der Waals surface area contributed by atoms with Crippen LogP contribution in [0, 0.1) is 0 Å². The number of hydrogen-bond acceptors (Lipinski definition) is 5. The van der Waals surface area contributed by atoms with Crippen molar-refractivity contribution >= 4 is 63.0 Å². The Hall–Kier alpha value is 0.850. The Bertz CT molecular complexity index is 545. The highest BCUT2D eigenvalue weighted by Gasteiger charge is 2.33. The van der Waals surface area contributed by atoms with E-state index < -0.39 is 11.7 Å². The highest BCUT2D eigenvalue weighted by molar-refractivity contribution is 9.10. The average Bonchev–Trinajstić information content (AvgIpc) is 2.67. The summed E-state index contributed by atoms with van der Waals surface area (Å²) in [5.74, 6) is 8.91. The first kappa shape index (κ1) is 27.9. The maximum Gasteiger partial charge on any atom is 0.417 e. The summed E-state index contributed by atoms with van der Waals surface area (Å²) in [5.41, 5.74) is 0.130. The quantitative estimate of drug-likeness (QED) is 0.199. The third kappa shape index (κ3) is 13.1. The summed E-state index contributed by atoms with van der Waals surface area (Å²) >= 11 is 10.8. The minimum absolute atomic E-state index is 0.105. The third-order valence-electron chi connectivity index (χ3n) is 4.00. The van der Waals surface area contributed by atoms with Crippen molar-refractivity contribution in [1.82, 2.24) is 4.90 Å². The molecule has 0 heterocycles. The Morgan fingerprint density at radius 1 is 0.828 bits per heavy atom. The van der Waals surface area contributed by atoms with Crippen molar-refractivity contribution in [2.24, 2.45) is 0 Å². The third-order valence-corrected chi connectivity index (χ3v) is 8.94. The van der Waals surface area contributed by atoms with Gasteiger partial charge in [-0.3, -0.25) is 4.90 Å². The minimum Gasteiger partial charge on any atom is -0.297 e. The van der Waals surface area contributed by atoms with E-state index in [1.807, 2.05) is 47.0 Å². The summed E-state index contributed by atoms with van der Waals surface area (Å²) < 4.78 is 39.7. The lowest BCUT2D eigenvalue weighted by Gasteiger charge is -2.23. The molecule has 1 nitrogen and oxygen atoms in total. The van der Waals surface area contributed by atoms with Gasteiger partial charge in [0.05, 0.1) is 5.56 Å². The molecule has 0 saturated heterocycles. The maximum absolute atomic E-state index is 13.2. The molecule has 0 atom stereocenters. The fourth-order valence-electron chi connectivity index (χ4n) is 2.53. The van der Waals surface area contributed by atoms with Crippen LogP contribution in [-0.2, 0) is 12.7 Å². The average molecular weight is 551 g/mol. The van der Waals surface area contributed by atoms with Crippen LogP contribution in [0.15, 0.2) is 22.7 Å². The molecule has 9 heteroatoms. The van der Waals surface area contributed by atoms with Crippen molar-refractivity contribution in [3.63, 3.8) is 0 Å². The van der Waals surface area contributed by atoms with Crippen LogP contribution < -0.4 is 0 Å². The summed E-state index contributed by atoms with van der Waals surface area (Å²) in [4.78, 5) is 2.29. The fourth-order valence-corrected chi connectivity index (χ4v) is 6.65. The highest BCUT2D eigenvalue weighted by atomic mass is 79.9. The van der Waals surface area contributed by atoms with Crippen LogP contribution in [0.1, 0.15) is 25.0 Å². The van der Waals surface area contributed by atoms with Gasteiger partial charge in [-0.1, -0.05) is 35.8 Å². The number of benzene rings is 1. The summed E-state index contributed by atoms with van der Waals surface area (Å²) in [7, 11) is 0. The zero-order valence-electron chi connectivity index (χ0n) is 17.1. The molecule has 0 aliphatic heterocycles. The molecule has 1 aromatic rings. The van der Waals surface area contributed by atoms with Gasteiger partial charge in [0.25, 0.3) is 0 Å². The van der Waals surface area contributed by atoms with E-state index in [9.17, 15) is 13.2 Å². The lowest BCUT2D eigenvalue weighted by Crippen LogP contribution is -2.28. The molecule has 0 radical (unpaired) electrons. The van der Waals surface area contributed by atoms with E-state index in [1.165, 1.54) is 12.1 Å². The summed E-state index contributed by atoms with van der Waals surface area (Å²) in [6.07, 6.45) is -4.33. The molecule has 0 aromatic heterocycles. The Morgan fingerprint density at radius 2 is 1.34 bits per heavy atom. The largest absolute Gasteiger partial charge is 0.417 e. The van der Waals surface area contributed by atoms with E-state index in [1.54, 1.807) is 6.07 Å². The molecule has 0 aliphatic carbocycles. The zero-order chi connectivity index (χ0) is 21.5. The number of halogens is 4. The van der Waals surface area contributed by atoms with Gasteiger partial charge < -0.3 is 0 Å². The van der Waals surface area contributed by atoms with E-state index in [0.717, 1.165) is 64.7 Å². The lowest BCUT2D eigenvalue weighted by molar-refractivity contribution is -0.138. The van der Waals surface area contributed by atoms with Crippen LogP contribution in [-0.4, -0.2) is 64.0 Å². The SMILES string of the molecule is CCSCCSCCN(CCSCCSCC)Cc1ccc(Br)c(C(F)(F)F)c1. The number of rotatable bonds is 16. The first-order chi connectivity index (χ1) is 13.9. The Balaban J connectivity index is 2.59. The molecule has 0 bridgehead atoms. The van der Waals surface area contributed by atoms with Crippen molar-refractivity contribution < 1.29 is 13.2 Å². The zero-order valence-corrected chi connectivity index (χ0v) is 22.0. The second-order valence-corrected chi connectivity index (χ2v) is 12.3. The predicted molar refractivity (Wildman–Crippen MR) is 135 cm³/mol. The summed E-state index contributed by atoms with van der Waals surface area (Å²) in [6.45, 7) is 6.71. The molecule has 0 fully saturated rings. The van der Waals surface area contributed by atoms with Crippen molar-refractivity contribution in [1.29, 1.82) is 0 Å². The second kappa shape index (κ2) is 16.5. The molecule has 0 saturated carbocycles. The maximum atomic E-state index is 13.2. The Kier molecular flexibility index (Phi) is 15.8. The van der Waals surface area contributed by atoms with Crippen LogP contribution in [0.5, 0.6) is 0 Å². The predicted octanol–water partition coefficient (Wildman–Crippen LogP) is 7.24. The van der Waals surface area contributed by atoms with Crippen LogP contribution in [0.2, 0.25) is 0 Å². The van der Waals surface area contributed by atoms with Gasteiger partial charge >= 0.3 is 6.18 Å². The topological polar surface area (TPSA) is 3.24 Å². The molecule has 1 aromatic carbocycles. The van der Waals surface area contributed by atoms with Gasteiger partial charge in [-0.05, 0) is 29.2 Å². The molecule has 0 N–H and O–H groups in total. The van der Waals surface area contributed by atoms with Crippen LogP contribution >= 0.6 is 63.0 Å². The molecule has 168 valence electrons. The van der Waals surface area contributed by atoms with Gasteiger partial charge in [0.15, 0.2) is 0 Å². The summed E-state index contributed by atoms with van der Waals surface area (Å²) in [5, 5.41) is 0. The molecule has 0 amide bonds. The molecule has 29 heavy (non-hydrogen) atoms. The Morgan fingerprint density at radius 3 is 1.83 bits per heavy atom. The molecular weight excluding hydrogens is 519 g/mol.